The molecule has 0 spiro atoms. The number of hydrogen-bond acceptors (Lipinski definition) is 5. The van der Waals surface area contributed by atoms with Crippen LogP contribution in [0.5, 0.6) is 0 Å². The average molecular weight is 270 g/mol. The van der Waals surface area contributed by atoms with Crippen LogP contribution in [0.1, 0.15) is 34.1 Å². The minimum absolute atomic E-state index is 0.287. The number of hydrogen-bond donors (Lipinski definition) is 1. The van der Waals surface area contributed by atoms with E-state index in [1.165, 1.54) is 0 Å². The fraction of sp³-hybridized carbons (Fsp3) is 0.857. The van der Waals surface area contributed by atoms with E-state index in [0.717, 1.165) is 38.4 Å². The van der Waals surface area contributed by atoms with Crippen LogP contribution in [0.4, 0.5) is 0 Å². The van der Waals surface area contributed by atoms with Crippen molar-refractivity contribution in [2.75, 3.05) is 33.3 Å². The molecule has 5 nitrogen and oxygen atoms in total. The predicted octanol–water partition coefficient (Wildman–Crippen LogP) is 1.77. The van der Waals surface area contributed by atoms with Gasteiger partial charge in [-0.1, -0.05) is 13.8 Å². The summed E-state index contributed by atoms with van der Waals surface area (Å²) in [5.74, 6) is 6.01. The fourth-order valence-electron chi connectivity index (χ4n) is 1.72. The van der Waals surface area contributed by atoms with Crippen molar-refractivity contribution >= 4 is 11.9 Å². The summed E-state index contributed by atoms with van der Waals surface area (Å²) in [6.45, 7) is 11.7. The molecule has 0 aliphatic rings. The summed E-state index contributed by atoms with van der Waals surface area (Å²) in [6, 6.07) is 0. The van der Waals surface area contributed by atoms with Crippen LogP contribution in [-0.2, 0) is 4.74 Å². The summed E-state index contributed by atoms with van der Waals surface area (Å²) in [7, 11) is 2.06. The molecule has 0 unspecified atom stereocenters. The summed E-state index contributed by atoms with van der Waals surface area (Å²) in [4.78, 5) is 6.53. The van der Waals surface area contributed by atoms with Crippen LogP contribution in [0, 0.1) is 5.92 Å². The molecule has 0 atom stereocenters. The maximum Gasteiger partial charge on any atom is 0.0918 e. The van der Waals surface area contributed by atoms with Crippen LogP contribution in [0.3, 0.4) is 0 Å². The number of hydrazone groups is 1. The van der Waals surface area contributed by atoms with Gasteiger partial charge in [0.15, 0.2) is 0 Å². The Balaban J connectivity index is 3.86. The van der Waals surface area contributed by atoms with Crippen LogP contribution in [0.2, 0.25) is 0 Å². The highest BCUT2D eigenvalue weighted by Gasteiger charge is 2.04. The molecule has 0 fully saturated rings. The molecule has 0 bridgehead atoms. The number of ether oxygens (including phenoxy) is 1. The van der Waals surface area contributed by atoms with Crippen LogP contribution >= 0.6 is 0 Å². The second-order valence-electron chi connectivity index (χ2n) is 5.52. The lowest BCUT2D eigenvalue weighted by molar-refractivity contribution is 0.0783. The van der Waals surface area contributed by atoms with Crippen molar-refractivity contribution in [1.82, 2.24) is 4.90 Å². The Hall–Kier alpha value is -0.940. The number of rotatable bonds is 10. The molecule has 0 amide bonds. The lowest BCUT2D eigenvalue weighted by atomic mass is 10.2. The molecule has 0 aliphatic heterocycles. The lowest BCUT2D eigenvalue weighted by Crippen LogP contribution is -2.30. The van der Waals surface area contributed by atoms with E-state index in [0.29, 0.717) is 5.92 Å². The van der Waals surface area contributed by atoms with Gasteiger partial charge < -0.3 is 15.5 Å². The molecule has 0 aromatic rings. The summed E-state index contributed by atoms with van der Waals surface area (Å²) in [6.07, 6.45) is 2.98. The van der Waals surface area contributed by atoms with Crippen molar-refractivity contribution in [3.63, 3.8) is 0 Å². The number of aliphatic imine (C=N–C) groups is 1. The minimum Gasteiger partial charge on any atom is -0.379 e. The molecule has 0 radical (unpaired) electrons. The highest BCUT2D eigenvalue weighted by molar-refractivity contribution is 6.31. The van der Waals surface area contributed by atoms with E-state index in [4.69, 9.17) is 10.6 Å². The molecule has 0 rings (SSSR count). The van der Waals surface area contributed by atoms with E-state index in [2.05, 4.69) is 35.9 Å². The zero-order valence-corrected chi connectivity index (χ0v) is 13.1. The molecular weight excluding hydrogens is 240 g/mol. The first-order valence-corrected chi connectivity index (χ1v) is 7.02. The third kappa shape index (κ3) is 11.9. The molecule has 0 aromatic carbocycles. The van der Waals surface area contributed by atoms with Gasteiger partial charge in [-0.25, -0.2) is 0 Å². The van der Waals surface area contributed by atoms with E-state index in [1.807, 2.05) is 13.8 Å². The summed E-state index contributed by atoms with van der Waals surface area (Å²) >= 11 is 0. The molecule has 5 heteroatoms. The van der Waals surface area contributed by atoms with Gasteiger partial charge in [0.2, 0.25) is 0 Å². The van der Waals surface area contributed by atoms with Crippen LogP contribution in [0.15, 0.2) is 10.1 Å². The standard InChI is InChI=1S/C14H30N4O/c1-12(2)10-18(5)11-14(17-15)9-16-7-6-8-19-13(3)4/h9,12-13H,6-8,10-11,15H2,1-5H3. The van der Waals surface area contributed by atoms with E-state index in [9.17, 15) is 0 Å². The molecule has 0 saturated heterocycles. The monoisotopic (exact) mass is 270 g/mol. The van der Waals surface area contributed by atoms with Crippen molar-refractivity contribution in [3.8, 4) is 0 Å². The van der Waals surface area contributed by atoms with E-state index in [-0.39, 0.29) is 6.10 Å². The third-order valence-corrected chi connectivity index (χ3v) is 2.40. The normalized spacial score (nSPS) is 13.4. The quantitative estimate of drug-likeness (QED) is 0.285. The predicted molar refractivity (Wildman–Crippen MR) is 83.0 cm³/mol. The van der Waals surface area contributed by atoms with Gasteiger partial charge in [0.1, 0.15) is 0 Å². The van der Waals surface area contributed by atoms with E-state index >= 15 is 0 Å². The molecule has 0 aliphatic carbocycles. The Morgan fingerprint density at radius 1 is 1.32 bits per heavy atom. The zero-order chi connectivity index (χ0) is 14.7. The summed E-state index contributed by atoms with van der Waals surface area (Å²) in [5, 5.41) is 3.78. The Morgan fingerprint density at radius 2 is 2.00 bits per heavy atom. The number of nitrogens with zero attached hydrogens (tertiary/aromatic N) is 3. The van der Waals surface area contributed by atoms with E-state index in [1.54, 1.807) is 6.21 Å². The van der Waals surface area contributed by atoms with Gasteiger partial charge in [-0.05, 0) is 33.2 Å². The highest BCUT2D eigenvalue weighted by Crippen LogP contribution is 1.95. The smallest absolute Gasteiger partial charge is 0.0918 e. The highest BCUT2D eigenvalue weighted by atomic mass is 16.5. The zero-order valence-electron chi connectivity index (χ0n) is 13.1. The van der Waals surface area contributed by atoms with Crippen molar-refractivity contribution in [2.24, 2.45) is 21.9 Å². The minimum atomic E-state index is 0.287. The molecule has 0 saturated carbocycles. The van der Waals surface area contributed by atoms with Gasteiger partial charge in [-0.15, -0.1) is 0 Å². The van der Waals surface area contributed by atoms with Crippen LogP contribution in [0.25, 0.3) is 0 Å². The maximum absolute atomic E-state index is 5.45. The van der Waals surface area contributed by atoms with Crippen molar-refractivity contribution < 1.29 is 4.74 Å². The molecule has 0 aromatic heterocycles. The second-order valence-corrected chi connectivity index (χ2v) is 5.52. The first-order chi connectivity index (χ1) is 8.95. The number of nitrogens with two attached hydrogens (primary N) is 1. The first kappa shape index (κ1) is 18.1. The molecular formula is C14H30N4O. The third-order valence-electron chi connectivity index (χ3n) is 2.40. The van der Waals surface area contributed by atoms with Gasteiger partial charge in [-0.2, -0.15) is 5.10 Å². The van der Waals surface area contributed by atoms with Crippen molar-refractivity contribution in [2.45, 2.75) is 40.2 Å². The van der Waals surface area contributed by atoms with Crippen LogP contribution < -0.4 is 5.84 Å². The topological polar surface area (TPSA) is 63.2 Å². The van der Waals surface area contributed by atoms with E-state index < -0.39 is 0 Å². The molecule has 2 N–H and O–H groups in total. The van der Waals surface area contributed by atoms with Crippen molar-refractivity contribution in [3.05, 3.63) is 0 Å². The van der Waals surface area contributed by atoms with Gasteiger partial charge in [0.25, 0.3) is 0 Å². The van der Waals surface area contributed by atoms with Gasteiger partial charge in [-0.3, -0.25) is 4.99 Å². The van der Waals surface area contributed by atoms with Crippen molar-refractivity contribution in [1.29, 1.82) is 0 Å². The summed E-state index contributed by atoms with van der Waals surface area (Å²) < 4.78 is 5.45. The Kier molecular flexibility index (Phi) is 10.4. The largest absolute Gasteiger partial charge is 0.379 e. The maximum atomic E-state index is 5.45. The molecule has 19 heavy (non-hydrogen) atoms. The fourth-order valence-corrected chi connectivity index (χ4v) is 1.72. The molecule has 112 valence electrons. The lowest BCUT2D eigenvalue weighted by Gasteiger charge is -2.18. The van der Waals surface area contributed by atoms with Gasteiger partial charge in [0.05, 0.1) is 11.8 Å². The first-order valence-electron chi connectivity index (χ1n) is 7.02. The molecule has 0 heterocycles. The average Bonchev–Trinajstić information content (AvgIpc) is 2.30. The second kappa shape index (κ2) is 10.9. The Labute approximate surface area is 117 Å². The summed E-state index contributed by atoms with van der Waals surface area (Å²) in [5.41, 5.74) is 0.813. The van der Waals surface area contributed by atoms with Gasteiger partial charge >= 0.3 is 0 Å². The van der Waals surface area contributed by atoms with Gasteiger partial charge in [0, 0.05) is 32.5 Å². The Bertz CT molecular complexity index is 275. The Morgan fingerprint density at radius 3 is 2.53 bits per heavy atom. The SMILES string of the molecule is CC(C)CN(C)CC(C=NCCCOC(C)C)=NN. The van der Waals surface area contributed by atoms with Crippen LogP contribution in [-0.4, -0.2) is 56.2 Å².